The first-order chi connectivity index (χ1) is 6.34. The number of hydrogen-bond donors (Lipinski definition) is 1. The summed E-state index contributed by atoms with van der Waals surface area (Å²) in [7, 11) is 0. The molecule has 1 fully saturated rings. The van der Waals surface area contributed by atoms with Gasteiger partial charge in [0.2, 0.25) is 0 Å². The molecule has 0 bridgehead atoms. The average Bonchev–Trinajstić information content (AvgIpc) is 2.20. The molecule has 2 N–H and O–H groups in total. The number of piperidine rings is 1. The Kier molecular flexibility index (Phi) is 8.46. The highest BCUT2D eigenvalue weighted by Gasteiger charge is 2.16. The Morgan fingerprint density at radius 3 is 2.54 bits per heavy atom. The minimum Gasteiger partial charge on any atom is -0.330 e. The second-order valence-electron chi connectivity index (χ2n) is 3.52. The number of hydrogen-bond acceptors (Lipinski definition) is 2. The van der Waals surface area contributed by atoms with E-state index in [9.17, 15) is 0 Å². The first kappa shape index (κ1) is 12.9. The van der Waals surface area contributed by atoms with Gasteiger partial charge in [0, 0.05) is 6.04 Å². The molecule has 0 aliphatic carbocycles. The number of rotatable bonds is 3. The highest BCUT2D eigenvalue weighted by molar-refractivity contribution is 4.72. The van der Waals surface area contributed by atoms with E-state index in [1.807, 2.05) is 13.8 Å². The SMILES string of the molecule is CC.CC1CCCCN1CCCN. The molecule has 0 aromatic rings. The summed E-state index contributed by atoms with van der Waals surface area (Å²) in [5.41, 5.74) is 5.46. The highest BCUT2D eigenvalue weighted by atomic mass is 15.2. The summed E-state index contributed by atoms with van der Waals surface area (Å²) in [6, 6.07) is 0.801. The monoisotopic (exact) mass is 186 g/mol. The van der Waals surface area contributed by atoms with Gasteiger partial charge in [0.05, 0.1) is 0 Å². The highest BCUT2D eigenvalue weighted by Crippen LogP contribution is 2.15. The molecule has 1 unspecified atom stereocenters. The zero-order valence-electron chi connectivity index (χ0n) is 9.55. The van der Waals surface area contributed by atoms with Crippen molar-refractivity contribution < 1.29 is 0 Å². The summed E-state index contributed by atoms with van der Waals surface area (Å²) in [5, 5.41) is 0. The summed E-state index contributed by atoms with van der Waals surface area (Å²) < 4.78 is 0. The van der Waals surface area contributed by atoms with E-state index < -0.39 is 0 Å². The van der Waals surface area contributed by atoms with E-state index in [0.29, 0.717) is 0 Å². The van der Waals surface area contributed by atoms with Crippen molar-refractivity contribution in [3.8, 4) is 0 Å². The van der Waals surface area contributed by atoms with E-state index in [0.717, 1.165) is 19.0 Å². The molecule has 2 nitrogen and oxygen atoms in total. The summed E-state index contributed by atoms with van der Waals surface area (Å²) >= 11 is 0. The Labute approximate surface area is 83.5 Å². The van der Waals surface area contributed by atoms with Crippen LogP contribution >= 0.6 is 0 Å². The van der Waals surface area contributed by atoms with Gasteiger partial charge in [0.15, 0.2) is 0 Å². The summed E-state index contributed by atoms with van der Waals surface area (Å²) in [6.07, 6.45) is 5.34. The van der Waals surface area contributed by atoms with Crippen molar-refractivity contribution in [2.75, 3.05) is 19.6 Å². The largest absolute Gasteiger partial charge is 0.330 e. The number of nitrogens with zero attached hydrogens (tertiary/aromatic N) is 1. The van der Waals surface area contributed by atoms with Gasteiger partial charge in [-0.15, -0.1) is 0 Å². The van der Waals surface area contributed by atoms with Gasteiger partial charge in [0.25, 0.3) is 0 Å². The van der Waals surface area contributed by atoms with Gasteiger partial charge < -0.3 is 10.6 Å². The second-order valence-corrected chi connectivity index (χ2v) is 3.52. The van der Waals surface area contributed by atoms with Crippen LogP contribution in [0, 0.1) is 0 Å². The molecule has 1 rings (SSSR count). The quantitative estimate of drug-likeness (QED) is 0.732. The third kappa shape index (κ3) is 5.27. The van der Waals surface area contributed by atoms with Crippen molar-refractivity contribution >= 4 is 0 Å². The van der Waals surface area contributed by atoms with Gasteiger partial charge in [-0.05, 0) is 45.8 Å². The van der Waals surface area contributed by atoms with Crippen molar-refractivity contribution in [3.63, 3.8) is 0 Å². The fraction of sp³-hybridized carbons (Fsp3) is 1.00. The molecule has 1 saturated heterocycles. The van der Waals surface area contributed by atoms with Crippen molar-refractivity contribution in [3.05, 3.63) is 0 Å². The molecule has 0 saturated carbocycles. The summed E-state index contributed by atoms with van der Waals surface area (Å²) in [5.74, 6) is 0. The van der Waals surface area contributed by atoms with E-state index >= 15 is 0 Å². The van der Waals surface area contributed by atoms with Gasteiger partial charge >= 0.3 is 0 Å². The second kappa shape index (κ2) is 8.52. The van der Waals surface area contributed by atoms with E-state index in [4.69, 9.17) is 5.73 Å². The predicted molar refractivity (Wildman–Crippen MR) is 59.9 cm³/mol. The first-order valence-corrected chi connectivity index (χ1v) is 5.78. The van der Waals surface area contributed by atoms with Gasteiger partial charge in [-0.1, -0.05) is 20.3 Å². The minimum atomic E-state index is 0.801. The van der Waals surface area contributed by atoms with Crippen LogP contribution in [-0.2, 0) is 0 Å². The summed E-state index contributed by atoms with van der Waals surface area (Å²) in [6.45, 7) is 9.66. The van der Waals surface area contributed by atoms with E-state index in [1.54, 1.807) is 0 Å². The topological polar surface area (TPSA) is 29.3 Å². The van der Waals surface area contributed by atoms with Crippen LogP contribution in [0.1, 0.15) is 46.5 Å². The lowest BCUT2D eigenvalue weighted by molar-refractivity contribution is 0.160. The molecule has 0 aromatic heterocycles. The predicted octanol–water partition coefficient (Wildman–Crippen LogP) is 2.24. The number of nitrogens with two attached hydrogens (primary N) is 1. The van der Waals surface area contributed by atoms with E-state index in [1.165, 1.54) is 32.4 Å². The lowest BCUT2D eigenvalue weighted by Gasteiger charge is -2.33. The van der Waals surface area contributed by atoms with Gasteiger partial charge in [-0.3, -0.25) is 0 Å². The lowest BCUT2D eigenvalue weighted by atomic mass is 10.0. The van der Waals surface area contributed by atoms with Crippen LogP contribution in [-0.4, -0.2) is 30.6 Å². The average molecular weight is 186 g/mol. The molecule has 13 heavy (non-hydrogen) atoms. The molecule has 0 spiro atoms. The number of likely N-dealkylation sites (tertiary alicyclic amines) is 1. The normalized spacial score (nSPS) is 23.5. The molecule has 1 heterocycles. The zero-order chi connectivity index (χ0) is 10.1. The van der Waals surface area contributed by atoms with Crippen molar-refractivity contribution in [2.24, 2.45) is 5.73 Å². The molecule has 2 heteroatoms. The zero-order valence-corrected chi connectivity index (χ0v) is 9.55. The van der Waals surface area contributed by atoms with Crippen LogP contribution in [0.2, 0.25) is 0 Å². The molecular weight excluding hydrogens is 160 g/mol. The maximum atomic E-state index is 5.46. The summed E-state index contributed by atoms with van der Waals surface area (Å²) in [4.78, 5) is 2.57. The fourth-order valence-corrected chi connectivity index (χ4v) is 1.78. The van der Waals surface area contributed by atoms with Crippen molar-refractivity contribution in [1.82, 2.24) is 4.90 Å². The van der Waals surface area contributed by atoms with Crippen LogP contribution in [0.25, 0.3) is 0 Å². The standard InChI is InChI=1S/C9H20N2.C2H6/c1-9-5-2-3-7-11(9)8-4-6-10;1-2/h9H,2-8,10H2,1H3;1-2H3. The van der Waals surface area contributed by atoms with Crippen LogP contribution in [0.15, 0.2) is 0 Å². The molecule has 0 amide bonds. The maximum Gasteiger partial charge on any atom is 0.00669 e. The van der Waals surface area contributed by atoms with Crippen molar-refractivity contribution in [2.45, 2.75) is 52.5 Å². The van der Waals surface area contributed by atoms with Gasteiger partial charge in [-0.2, -0.15) is 0 Å². The molecule has 0 aromatic carbocycles. The third-order valence-corrected chi connectivity index (χ3v) is 2.59. The van der Waals surface area contributed by atoms with Gasteiger partial charge in [0.1, 0.15) is 0 Å². The van der Waals surface area contributed by atoms with E-state index in [2.05, 4.69) is 11.8 Å². The Morgan fingerprint density at radius 1 is 1.31 bits per heavy atom. The Bertz CT molecular complexity index is 104. The first-order valence-electron chi connectivity index (χ1n) is 5.78. The lowest BCUT2D eigenvalue weighted by Crippen LogP contribution is -2.38. The Morgan fingerprint density at radius 2 is 2.00 bits per heavy atom. The Balaban J connectivity index is 0.000000671. The third-order valence-electron chi connectivity index (χ3n) is 2.59. The molecule has 0 radical (unpaired) electrons. The van der Waals surface area contributed by atoms with Crippen LogP contribution in [0.3, 0.4) is 0 Å². The Hall–Kier alpha value is -0.0800. The fourth-order valence-electron chi connectivity index (χ4n) is 1.78. The van der Waals surface area contributed by atoms with Crippen LogP contribution in [0.4, 0.5) is 0 Å². The molecule has 1 atom stereocenters. The van der Waals surface area contributed by atoms with Crippen LogP contribution in [0.5, 0.6) is 0 Å². The molecule has 1 aliphatic heterocycles. The molecular formula is C11H26N2. The maximum absolute atomic E-state index is 5.46. The molecule has 80 valence electrons. The van der Waals surface area contributed by atoms with Crippen LogP contribution < -0.4 is 5.73 Å². The van der Waals surface area contributed by atoms with E-state index in [-0.39, 0.29) is 0 Å². The smallest absolute Gasteiger partial charge is 0.00669 e. The molecule has 1 aliphatic rings. The van der Waals surface area contributed by atoms with Crippen molar-refractivity contribution in [1.29, 1.82) is 0 Å². The van der Waals surface area contributed by atoms with Gasteiger partial charge in [-0.25, -0.2) is 0 Å². The minimum absolute atomic E-state index is 0.801.